The van der Waals surface area contributed by atoms with Gasteiger partial charge in [0.2, 0.25) is 5.91 Å². The topological polar surface area (TPSA) is 143 Å². The molecule has 1 amide bonds. The zero-order chi connectivity index (χ0) is 25.5. The summed E-state index contributed by atoms with van der Waals surface area (Å²) in [5.74, 6) is -1.39. The number of likely N-dealkylation sites (tertiary alicyclic amines) is 1. The largest absolute Gasteiger partial charge is 0.350 e. The van der Waals surface area contributed by atoms with Gasteiger partial charge in [0.1, 0.15) is 12.1 Å². The van der Waals surface area contributed by atoms with E-state index in [1.165, 1.54) is 12.5 Å². The lowest BCUT2D eigenvalue weighted by Crippen LogP contribution is -2.65. The number of hydrogen-bond acceptors (Lipinski definition) is 8. The zero-order valence-electron chi connectivity index (χ0n) is 20.3. The number of carbonyl (C=O) groups excluding carboxylic acids is 1. The van der Waals surface area contributed by atoms with Gasteiger partial charge in [-0.3, -0.25) is 14.7 Å². The number of nitrogens with zero attached hydrogens (tertiary/aromatic N) is 2. The number of nitrogens with two attached hydrogens (primary N) is 2. The van der Waals surface area contributed by atoms with Crippen LogP contribution >= 0.6 is 11.6 Å². The van der Waals surface area contributed by atoms with E-state index < -0.39 is 39.2 Å². The molecule has 0 aromatic heterocycles. The molecule has 34 heavy (non-hydrogen) atoms. The van der Waals surface area contributed by atoms with Crippen LogP contribution in [0.3, 0.4) is 0 Å². The Morgan fingerprint density at radius 1 is 1.35 bits per heavy atom. The number of sulfone groups is 1. The molecule has 2 fully saturated rings. The molecule has 2 rings (SSSR count). The van der Waals surface area contributed by atoms with Gasteiger partial charge in [0.05, 0.1) is 28.5 Å². The summed E-state index contributed by atoms with van der Waals surface area (Å²) in [7, 11) is -3.17. The lowest BCUT2D eigenvalue weighted by atomic mass is 9.95. The molecule has 12 heteroatoms. The van der Waals surface area contributed by atoms with Crippen LogP contribution in [-0.4, -0.2) is 92.9 Å². The number of amides is 1. The first-order valence-corrected chi connectivity index (χ1v) is 14.4. The maximum Gasteiger partial charge on any atom is 0.232 e. The van der Waals surface area contributed by atoms with Gasteiger partial charge in [-0.15, -0.1) is 11.6 Å². The molecule has 0 aliphatic carbocycles. The van der Waals surface area contributed by atoms with Crippen LogP contribution in [0.1, 0.15) is 39.5 Å². The number of hydrogen-bond donors (Lipinski definition) is 4. The monoisotopic (exact) mass is 522 g/mol. The van der Waals surface area contributed by atoms with Gasteiger partial charge in [-0.1, -0.05) is 26.3 Å². The predicted molar refractivity (Wildman–Crippen MR) is 135 cm³/mol. The molecule has 0 aromatic rings. The lowest BCUT2D eigenvalue weighted by molar-refractivity contribution is -0.125. The Morgan fingerprint density at radius 2 is 2.06 bits per heavy atom. The van der Waals surface area contributed by atoms with Crippen LogP contribution < -0.4 is 22.1 Å². The highest BCUT2D eigenvalue weighted by Crippen LogP contribution is 2.26. The Bertz CT molecular complexity index is 840. The van der Waals surface area contributed by atoms with Crippen LogP contribution in [0.4, 0.5) is 4.39 Å². The van der Waals surface area contributed by atoms with Crippen molar-refractivity contribution >= 4 is 33.6 Å². The van der Waals surface area contributed by atoms with Crippen molar-refractivity contribution in [2.24, 2.45) is 22.4 Å². The summed E-state index contributed by atoms with van der Waals surface area (Å²) in [6.07, 6.45) is 4.03. The molecular weight excluding hydrogens is 483 g/mol. The van der Waals surface area contributed by atoms with Crippen molar-refractivity contribution in [1.29, 1.82) is 0 Å². The fourth-order valence-electron chi connectivity index (χ4n) is 4.63. The van der Waals surface area contributed by atoms with Gasteiger partial charge in [0.15, 0.2) is 9.84 Å². The van der Waals surface area contributed by atoms with Gasteiger partial charge in [-0.2, -0.15) is 0 Å². The molecule has 2 aliphatic heterocycles. The van der Waals surface area contributed by atoms with E-state index in [9.17, 15) is 17.6 Å². The molecule has 9 nitrogen and oxygen atoms in total. The van der Waals surface area contributed by atoms with Gasteiger partial charge in [-0.25, -0.2) is 12.8 Å². The third-order valence-electron chi connectivity index (χ3n) is 6.37. The van der Waals surface area contributed by atoms with Gasteiger partial charge in [0.25, 0.3) is 0 Å². The summed E-state index contributed by atoms with van der Waals surface area (Å²) in [6, 6.07) is -0.640. The van der Waals surface area contributed by atoms with Crippen molar-refractivity contribution in [1.82, 2.24) is 15.5 Å². The summed E-state index contributed by atoms with van der Waals surface area (Å²) in [5.41, 5.74) is 12.3. The second kappa shape index (κ2) is 13.3. The Morgan fingerprint density at radius 3 is 2.62 bits per heavy atom. The summed E-state index contributed by atoms with van der Waals surface area (Å²) < 4.78 is 38.1. The molecule has 2 aliphatic rings. The first kappa shape index (κ1) is 29.1. The van der Waals surface area contributed by atoms with E-state index in [0.717, 1.165) is 0 Å². The van der Waals surface area contributed by atoms with Crippen LogP contribution in [0.5, 0.6) is 0 Å². The van der Waals surface area contributed by atoms with Gasteiger partial charge in [-0.05, 0) is 25.8 Å². The smallest absolute Gasteiger partial charge is 0.232 e. The summed E-state index contributed by atoms with van der Waals surface area (Å²) >= 11 is 6.64. The van der Waals surface area contributed by atoms with Crippen LogP contribution in [-0.2, 0) is 14.6 Å². The second-order valence-corrected chi connectivity index (χ2v) is 12.1. The molecule has 6 unspecified atom stereocenters. The first-order chi connectivity index (χ1) is 16.0. The van der Waals surface area contributed by atoms with E-state index in [-0.39, 0.29) is 17.5 Å². The molecule has 2 saturated heterocycles. The fourth-order valence-corrected chi connectivity index (χ4v) is 6.07. The van der Waals surface area contributed by atoms with E-state index in [0.29, 0.717) is 57.6 Å². The molecule has 0 bridgehead atoms. The number of allylic oxidation sites excluding steroid dienone is 1. The number of rotatable bonds is 11. The minimum Gasteiger partial charge on any atom is -0.350 e. The minimum absolute atomic E-state index is 0.254. The van der Waals surface area contributed by atoms with Crippen molar-refractivity contribution in [3.05, 3.63) is 11.8 Å². The van der Waals surface area contributed by atoms with Gasteiger partial charge >= 0.3 is 0 Å². The molecule has 0 radical (unpaired) electrons. The molecule has 0 aromatic carbocycles. The third-order valence-corrected chi connectivity index (χ3v) is 8.37. The summed E-state index contributed by atoms with van der Waals surface area (Å²) in [5, 5.41) is 5.46. The van der Waals surface area contributed by atoms with Gasteiger partial charge < -0.3 is 22.1 Å². The number of nitrogens with one attached hydrogen (secondary N) is 2. The minimum atomic E-state index is -3.17. The summed E-state index contributed by atoms with van der Waals surface area (Å²) in [4.78, 5) is 19.7. The van der Waals surface area contributed by atoms with Crippen molar-refractivity contribution < 1.29 is 17.6 Å². The Kier molecular flexibility index (Phi) is 11.4. The molecule has 196 valence electrons. The molecular formula is C22H40ClFN6O3S. The Hall–Kier alpha value is -1.11. The van der Waals surface area contributed by atoms with Crippen LogP contribution in [0, 0.1) is 5.92 Å². The maximum atomic E-state index is 14.0. The third kappa shape index (κ3) is 7.96. The highest BCUT2D eigenvalue weighted by atomic mass is 35.5. The van der Waals surface area contributed by atoms with E-state index in [2.05, 4.69) is 15.6 Å². The van der Waals surface area contributed by atoms with Gasteiger partial charge in [0, 0.05) is 38.1 Å². The molecule has 0 spiro atoms. The maximum absolute atomic E-state index is 14.0. The molecule has 2 heterocycles. The van der Waals surface area contributed by atoms with E-state index in [1.807, 2.05) is 18.7 Å². The molecule has 6 N–H and O–H groups in total. The van der Waals surface area contributed by atoms with Crippen molar-refractivity contribution in [3.8, 4) is 0 Å². The van der Waals surface area contributed by atoms with Crippen molar-refractivity contribution in [2.75, 3.05) is 32.4 Å². The Labute approximate surface area is 207 Å². The Balaban J connectivity index is 2.21. The van der Waals surface area contributed by atoms with Crippen LogP contribution in [0.15, 0.2) is 16.8 Å². The SMILES string of the molecule is CC/C=C(\N=C/C(F)CCC)C(C(=O)NC1CNCC(Cl)C1N1CCC(S(C)(=O)=O)C1)C(N)N. The first-order valence-electron chi connectivity index (χ1n) is 12.0. The number of alkyl halides is 2. The number of piperidine rings is 1. The highest BCUT2D eigenvalue weighted by molar-refractivity contribution is 7.91. The number of carbonyl (C=O) groups is 1. The molecule has 6 atom stereocenters. The van der Waals surface area contributed by atoms with Crippen LogP contribution in [0.25, 0.3) is 0 Å². The number of aliphatic imine (C=N–C) groups is 1. The van der Waals surface area contributed by atoms with E-state index in [1.54, 1.807) is 6.08 Å². The average molecular weight is 523 g/mol. The van der Waals surface area contributed by atoms with E-state index in [4.69, 9.17) is 23.1 Å². The average Bonchev–Trinajstić information content (AvgIpc) is 3.22. The van der Waals surface area contributed by atoms with Crippen LogP contribution in [0.2, 0.25) is 0 Å². The fraction of sp³-hybridized carbons (Fsp3) is 0.818. The normalized spacial score (nSPS) is 29.0. The quantitative estimate of drug-likeness (QED) is 0.176. The molecule has 0 saturated carbocycles. The number of halogens is 2. The van der Waals surface area contributed by atoms with Crippen molar-refractivity contribution in [2.45, 2.75) is 74.6 Å². The predicted octanol–water partition coefficient (Wildman–Crippen LogP) is 0.532. The van der Waals surface area contributed by atoms with Crippen molar-refractivity contribution in [3.63, 3.8) is 0 Å². The zero-order valence-corrected chi connectivity index (χ0v) is 21.9. The second-order valence-electron chi connectivity index (χ2n) is 9.19. The highest BCUT2D eigenvalue weighted by Gasteiger charge is 2.43. The standard InChI is InChI=1S/C22H40ClFN6O3S/c1-4-6-14(24)10-28-17(7-5-2)19(21(25)26)22(31)29-18-12-27-11-16(23)20(18)30-9-8-15(13-30)34(3,32)33/h7,10,14-16,18-21,27H,4-6,8-9,11-13,25-26H2,1-3H3,(H,29,31)/b17-7-,28-10-. The van der Waals surface area contributed by atoms with E-state index >= 15 is 0 Å². The summed E-state index contributed by atoms with van der Waals surface area (Å²) in [6.45, 7) is 5.73. The lowest BCUT2D eigenvalue weighted by Gasteiger charge is -2.42.